The van der Waals surface area contributed by atoms with Crippen molar-refractivity contribution in [3.8, 4) is 0 Å². The van der Waals surface area contributed by atoms with Crippen LogP contribution in [0.25, 0.3) is 0 Å². The van der Waals surface area contributed by atoms with Gasteiger partial charge in [-0.3, -0.25) is 0 Å². The van der Waals surface area contributed by atoms with Crippen molar-refractivity contribution >= 4 is 27.3 Å². The maximum atomic E-state index is 5.32. The third kappa shape index (κ3) is 1.64. The molecule has 0 aliphatic carbocycles. The molecule has 0 N–H and O–H groups in total. The van der Waals surface area contributed by atoms with Crippen LogP contribution in [0.2, 0.25) is 0 Å². The molecule has 1 aromatic rings. The van der Waals surface area contributed by atoms with E-state index in [9.17, 15) is 0 Å². The second kappa shape index (κ2) is 3.23. The Bertz CT molecular complexity index is 242. The molecule has 0 saturated carbocycles. The maximum Gasteiger partial charge on any atom is 0.193 e. The molecule has 1 fully saturated rings. The molecule has 11 heavy (non-hydrogen) atoms. The highest BCUT2D eigenvalue weighted by Gasteiger charge is 2.19. The van der Waals surface area contributed by atoms with Gasteiger partial charge >= 0.3 is 0 Å². The molecule has 0 amide bonds. The van der Waals surface area contributed by atoms with Crippen LogP contribution in [0.1, 0.15) is 11.2 Å². The summed E-state index contributed by atoms with van der Waals surface area (Å²) < 4.78 is 11.7. The van der Waals surface area contributed by atoms with Gasteiger partial charge in [-0.05, 0) is 22.0 Å². The van der Waals surface area contributed by atoms with E-state index in [0.29, 0.717) is 13.2 Å². The summed E-state index contributed by atoms with van der Waals surface area (Å²) in [5.41, 5.74) is 0. The van der Waals surface area contributed by atoms with Crippen molar-refractivity contribution in [3.63, 3.8) is 0 Å². The minimum Gasteiger partial charge on any atom is -0.345 e. The third-order valence-corrected chi connectivity index (χ3v) is 3.16. The minimum absolute atomic E-state index is 0.119. The average molecular weight is 235 g/mol. The third-order valence-electron chi connectivity index (χ3n) is 1.44. The van der Waals surface area contributed by atoms with Gasteiger partial charge in [-0.2, -0.15) is 0 Å². The summed E-state index contributed by atoms with van der Waals surface area (Å²) in [6, 6.07) is 2.03. The van der Waals surface area contributed by atoms with Crippen molar-refractivity contribution in [1.82, 2.24) is 0 Å². The SMILES string of the molecule is Brc1csc(C2OCCO2)c1. The molecule has 1 aliphatic rings. The fraction of sp³-hybridized carbons (Fsp3) is 0.429. The zero-order valence-electron chi connectivity index (χ0n) is 5.75. The van der Waals surface area contributed by atoms with Crippen LogP contribution in [0, 0.1) is 0 Å². The lowest BCUT2D eigenvalue weighted by Crippen LogP contribution is -1.93. The van der Waals surface area contributed by atoms with E-state index in [2.05, 4.69) is 15.9 Å². The van der Waals surface area contributed by atoms with Gasteiger partial charge in [-0.15, -0.1) is 11.3 Å². The van der Waals surface area contributed by atoms with Gasteiger partial charge in [0.2, 0.25) is 0 Å². The second-order valence-electron chi connectivity index (χ2n) is 2.24. The quantitative estimate of drug-likeness (QED) is 0.744. The van der Waals surface area contributed by atoms with Crippen molar-refractivity contribution < 1.29 is 9.47 Å². The summed E-state index contributed by atoms with van der Waals surface area (Å²) in [5.74, 6) is 0. The summed E-state index contributed by atoms with van der Waals surface area (Å²) >= 11 is 5.03. The molecular weight excluding hydrogens is 228 g/mol. The first kappa shape index (κ1) is 7.73. The zero-order valence-corrected chi connectivity index (χ0v) is 8.15. The summed E-state index contributed by atoms with van der Waals surface area (Å²) in [5, 5.41) is 2.03. The first-order chi connectivity index (χ1) is 5.36. The van der Waals surface area contributed by atoms with Gasteiger partial charge in [0, 0.05) is 9.85 Å². The van der Waals surface area contributed by atoms with Crippen molar-refractivity contribution in [2.75, 3.05) is 13.2 Å². The lowest BCUT2D eigenvalue weighted by atomic mass is 10.5. The fourth-order valence-electron chi connectivity index (χ4n) is 0.975. The Hall–Kier alpha value is 0.1000. The highest BCUT2D eigenvalue weighted by Crippen LogP contribution is 2.30. The predicted molar refractivity (Wildman–Crippen MR) is 46.7 cm³/mol. The van der Waals surface area contributed by atoms with E-state index < -0.39 is 0 Å². The topological polar surface area (TPSA) is 18.5 Å². The summed E-state index contributed by atoms with van der Waals surface area (Å²) in [6.45, 7) is 1.42. The molecule has 0 aromatic carbocycles. The lowest BCUT2D eigenvalue weighted by molar-refractivity contribution is -0.0413. The van der Waals surface area contributed by atoms with E-state index in [1.807, 2.05) is 11.4 Å². The summed E-state index contributed by atoms with van der Waals surface area (Å²) in [7, 11) is 0. The Balaban J connectivity index is 2.15. The maximum absolute atomic E-state index is 5.32. The van der Waals surface area contributed by atoms with E-state index in [0.717, 1.165) is 9.35 Å². The van der Waals surface area contributed by atoms with Crippen LogP contribution in [0.5, 0.6) is 0 Å². The number of halogens is 1. The van der Waals surface area contributed by atoms with Gasteiger partial charge in [0.05, 0.1) is 18.1 Å². The monoisotopic (exact) mass is 234 g/mol. The average Bonchev–Trinajstić information content (AvgIpc) is 2.55. The first-order valence-corrected chi connectivity index (χ1v) is 5.00. The molecule has 60 valence electrons. The van der Waals surface area contributed by atoms with Crippen LogP contribution in [-0.2, 0) is 9.47 Å². The standard InChI is InChI=1S/C7H7BrO2S/c8-5-3-6(11-4-5)7-9-1-2-10-7/h3-4,7H,1-2H2. The summed E-state index contributed by atoms with van der Waals surface area (Å²) in [6.07, 6.45) is -0.119. The molecule has 0 radical (unpaired) electrons. The van der Waals surface area contributed by atoms with Gasteiger partial charge in [0.25, 0.3) is 0 Å². The van der Waals surface area contributed by atoms with Gasteiger partial charge in [-0.1, -0.05) is 0 Å². The molecule has 2 rings (SSSR count). The Kier molecular flexibility index (Phi) is 2.27. The number of thiophene rings is 1. The molecule has 0 bridgehead atoms. The Morgan fingerprint density at radius 1 is 1.45 bits per heavy atom. The Morgan fingerprint density at radius 3 is 2.73 bits per heavy atom. The molecule has 0 atom stereocenters. The van der Waals surface area contributed by atoms with Gasteiger partial charge in [-0.25, -0.2) is 0 Å². The fourth-order valence-corrected chi connectivity index (χ4v) is 2.41. The molecule has 2 nitrogen and oxygen atoms in total. The van der Waals surface area contributed by atoms with Crippen LogP contribution >= 0.6 is 27.3 Å². The smallest absolute Gasteiger partial charge is 0.193 e. The molecule has 1 aromatic heterocycles. The minimum atomic E-state index is -0.119. The molecule has 1 aliphatic heterocycles. The van der Waals surface area contributed by atoms with Crippen LogP contribution in [0.3, 0.4) is 0 Å². The molecular formula is C7H7BrO2S. The van der Waals surface area contributed by atoms with Crippen LogP contribution < -0.4 is 0 Å². The van der Waals surface area contributed by atoms with Gasteiger partial charge in [0.1, 0.15) is 0 Å². The molecule has 4 heteroatoms. The lowest BCUT2D eigenvalue weighted by Gasteiger charge is -2.03. The highest BCUT2D eigenvalue weighted by atomic mass is 79.9. The van der Waals surface area contributed by atoms with Gasteiger partial charge in [0.15, 0.2) is 6.29 Å². The van der Waals surface area contributed by atoms with Crippen LogP contribution in [-0.4, -0.2) is 13.2 Å². The number of hydrogen-bond donors (Lipinski definition) is 0. The Morgan fingerprint density at radius 2 is 2.18 bits per heavy atom. The number of hydrogen-bond acceptors (Lipinski definition) is 3. The van der Waals surface area contributed by atoms with E-state index >= 15 is 0 Å². The number of rotatable bonds is 1. The zero-order chi connectivity index (χ0) is 7.68. The van der Waals surface area contributed by atoms with Crippen molar-refractivity contribution in [3.05, 3.63) is 20.8 Å². The van der Waals surface area contributed by atoms with E-state index in [1.54, 1.807) is 11.3 Å². The first-order valence-electron chi connectivity index (χ1n) is 3.33. The normalized spacial score (nSPS) is 19.4. The highest BCUT2D eigenvalue weighted by molar-refractivity contribution is 9.10. The number of ether oxygens (including phenoxy) is 2. The van der Waals surface area contributed by atoms with Crippen molar-refractivity contribution in [2.24, 2.45) is 0 Å². The molecule has 2 heterocycles. The second-order valence-corrected chi connectivity index (χ2v) is 4.10. The van der Waals surface area contributed by atoms with Crippen molar-refractivity contribution in [1.29, 1.82) is 0 Å². The van der Waals surface area contributed by atoms with Crippen LogP contribution in [0.15, 0.2) is 15.9 Å². The van der Waals surface area contributed by atoms with Crippen LogP contribution in [0.4, 0.5) is 0 Å². The Labute approximate surface area is 77.3 Å². The van der Waals surface area contributed by atoms with E-state index in [1.165, 1.54) is 0 Å². The van der Waals surface area contributed by atoms with Gasteiger partial charge < -0.3 is 9.47 Å². The van der Waals surface area contributed by atoms with E-state index in [-0.39, 0.29) is 6.29 Å². The van der Waals surface area contributed by atoms with E-state index in [4.69, 9.17) is 9.47 Å². The molecule has 0 spiro atoms. The predicted octanol–water partition coefficient (Wildman–Crippen LogP) is 2.56. The largest absolute Gasteiger partial charge is 0.345 e. The van der Waals surface area contributed by atoms with Crippen molar-refractivity contribution in [2.45, 2.75) is 6.29 Å². The molecule has 0 unspecified atom stereocenters. The summed E-state index contributed by atoms with van der Waals surface area (Å²) in [4.78, 5) is 1.13. The molecule has 1 saturated heterocycles.